The molecule has 0 bridgehead atoms. The van der Waals surface area contributed by atoms with Crippen molar-refractivity contribution in [2.24, 2.45) is 11.8 Å². The molecule has 39 heavy (non-hydrogen) atoms. The van der Waals surface area contributed by atoms with Crippen LogP contribution in [-0.4, -0.2) is 85.6 Å². The minimum Gasteiger partial charge on any atom is -0.392 e. The van der Waals surface area contributed by atoms with E-state index in [0.717, 1.165) is 39.0 Å². The van der Waals surface area contributed by atoms with E-state index < -0.39 is 0 Å². The summed E-state index contributed by atoms with van der Waals surface area (Å²) in [6, 6.07) is 0. The lowest BCUT2D eigenvalue weighted by Crippen LogP contribution is -2.45. The number of nitrogens with zero attached hydrogens (tertiary/aromatic N) is 2. The molecule has 0 saturated carbocycles. The Morgan fingerprint density at radius 2 is 0.949 bits per heavy atom. The first-order chi connectivity index (χ1) is 18.8. The molecule has 5 nitrogen and oxygen atoms in total. The van der Waals surface area contributed by atoms with Crippen molar-refractivity contribution in [1.82, 2.24) is 15.1 Å². The molecule has 5 heteroatoms. The van der Waals surface area contributed by atoms with Crippen molar-refractivity contribution in [2.75, 3.05) is 53.4 Å². The van der Waals surface area contributed by atoms with Crippen LogP contribution in [-0.2, 0) is 0 Å². The van der Waals surface area contributed by atoms with E-state index in [0.29, 0.717) is 24.9 Å². The van der Waals surface area contributed by atoms with Gasteiger partial charge < -0.3 is 20.4 Å². The highest BCUT2D eigenvalue weighted by Crippen LogP contribution is 2.19. The van der Waals surface area contributed by atoms with Gasteiger partial charge in [0.05, 0.1) is 12.2 Å². The average molecular weight is 556 g/mol. The number of likely N-dealkylation sites (N-methyl/N-ethyl adjacent to an activating group) is 2. The van der Waals surface area contributed by atoms with E-state index >= 15 is 0 Å². The zero-order valence-corrected chi connectivity index (χ0v) is 27.6. The van der Waals surface area contributed by atoms with Crippen LogP contribution in [0.15, 0.2) is 0 Å². The summed E-state index contributed by atoms with van der Waals surface area (Å²) in [6.45, 7) is 14.1. The lowest BCUT2D eigenvalue weighted by molar-refractivity contribution is 0.0227. The summed E-state index contributed by atoms with van der Waals surface area (Å²) in [5, 5.41) is 25.4. The average Bonchev–Trinajstić information content (AvgIpc) is 2.92. The number of nitrogens with one attached hydrogen (secondary N) is 1. The summed E-state index contributed by atoms with van der Waals surface area (Å²) in [5.41, 5.74) is 0. The number of aliphatic hydroxyl groups is 2. The van der Waals surface area contributed by atoms with Gasteiger partial charge in [-0.1, -0.05) is 130 Å². The van der Waals surface area contributed by atoms with Crippen LogP contribution in [0.3, 0.4) is 0 Å². The minimum atomic E-state index is -0.326. The smallest absolute Gasteiger partial charge is 0.0692 e. The molecule has 0 rings (SSSR count). The predicted molar refractivity (Wildman–Crippen MR) is 173 cm³/mol. The van der Waals surface area contributed by atoms with E-state index in [1.807, 2.05) is 7.05 Å². The van der Waals surface area contributed by atoms with Gasteiger partial charge >= 0.3 is 0 Å². The summed E-state index contributed by atoms with van der Waals surface area (Å²) in [7, 11) is 4.16. The molecule has 0 aromatic carbocycles. The maximum Gasteiger partial charge on any atom is 0.0692 e. The Kier molecular flexibility index (Phi) is 27.8. The summed E-state index contributed by atoms with van der Waals surface area (Å²) >= 11 is 0. The zero-order chi connectivity index (χ0) is 29.1. The van der Waals surface area contributed by atoms with Gasteiger partial charge in [-0.05, 0) is 38.8 Å². The number of hydrogen-bond acceptors (Lipinski definition) is 5. The molecule has 0 heterocycles. The van der Waals surface area contributed by atoms with Crippen LogP contribution in [0.1, 0.15) is 143 Å². The Hall–Kier alpha value is -0.200. The fourth-order valence-corrected chi connectivity index (χ4v) is 5.46. The molecule has 0 aliphatic carbocycles. The highest BCUT2D eigenvalue weighted by atomic mass is 16.3. The number of hydrogen-bond donors (Lipinski definition) is 3. The monoisotopic (exact) mass is 556 g/mol. The molecule has 0 aliphatic rings. The van der Waals surface area contributed by atoms with Crippen molar-refractivity contribution in [3.8, 4) is 0 Å². The van der Waals surface area contributed by atoms with E-state index in [4.69, 9.17) is 0 Å². The standard InChI is InChI=1S/C34H73N3O2/c1-7-9-11-13-15-17-19-21-23-31(3)33(38)29-37(28-27-36(6)26-25-35-5)30-34(39)32(4)24-22-20-18-16-14-12-10-8-2/h31-35,38-39H,7-30H2,1-6H3. The Bertz CT molecular complexity index is 459. The van der Waals surface area contributed by atoms with Crippen molar-refractivity contribution in [2.45, 2.75) is 155 Å². The molecule has 0 aliphatic heterocycles. The SMILES string of the molecule is CCCCCCCCCCC(C)C(O)CN(CCN(C)CCNC)CC(O)C(C)CCCCCCCCCC. The van der Waals surface area contributed by atoms with E-state index in [2.05, 4.69) is 49.9 Å². The second-order valence-electron chi connectivity index (χ2n) is 12.8. The maximum absolute atomic E-state index is 11.1. The topological polar surface area (TPSA) is 59.0 Å². The molecule has 3 N–H and O–H groups in total. The molecule has 236 valence electrons. The molecule has 0 radical (unpaired) electrons. The van der Waals surface area contributed by atoms with Crippen LogP contribution in [0, 0.1) is 11.8 Å². The first-order valence-corrected chi connectivity index (χ1v) is 17.3. The lowest BCUT2D eigenvalue weighted by Gasteiger charge is -2.32. The molecule has 0 saturated heterocycles. The summed E-state index contributed by atoms with van der Waals surface area (Å²) in [4.78, 5) is 4.68. The van der Waals surface area contributed by atoms with E-state index in [9.17, 15) is 10.2 Å². The summed E-state index contributed by atoms with van der Waals surface area (Å²) < 4.78 is 0. The highest BCUT2D eigenvalue weighted by molar-refractivity contribution is 4.76. The van der Waals surface area contributed by atoms with Gasteiger partial charge in [-0.15, -0.1) is 0 Å². The van der Waals surface area contributed by atoms with Gasteiger partial charge in [0.15, 0.2) is 0 Å². The van der Waals surface area contributed by atoms with Gasteiger partial charge in [0, 0.05) is 39.3 Å². The van der Waals surface area contributed by atoms with Crippen LogP contribution < -0.4 is 5.32 Å². The highest BCUT2D eigenvalue weighted by Gasteiger charge is 2.22. The number of aliphatic hydroxyl groups excluding tert-OH is 2. The molecule has 0 spiro atoms. The van der Waals surface area contributed by atoms with Crippen molar-refractivity contribution in [3.05, 3.63) is 0 Å². The molecule has 0 aromatic heterocycles. The van der Waals surface area contributed by atoms with Crippen molar-refractivity contribution in [3.63, 3.8) is 0 Å². The van der Waals surface area contributed by atoms with Crippen LogP contribution in [0.25, 0.3) is 0 Å². The van der Waals surface area contributed by atoms with Gasteiger partial charge in [-0.2, -0.15) is 0 Å². The Morgan fingerprint density at radius 1 is 0.564 bits per heavy atom. The van der Waals surface area contributed by atoms with E-state index in [1.54, 1.807) is 0 Å². The fourth-order valence-electron chi connectivity index (χ4n) is 5.46. The molecule has 0 amide bonds. The molecular formula is C34H73N3O2. The van der Waals surface area contributed by atoms with Gasteiger partial charge in [0.2, 0.25) is 0 Å². The Morgan fingerprint density at radius 3 is 1.33 bits per heavy atom. The van der Waals surface area contributed by atoms with Crippen LogP contribution >= 0.6 is 0 Å². The van der Waals surface area contributed by atoms with Crippen molar-refractivity contribution in [1.29, 1.82) is 0 Å². The van der Waals surface area contributed by atoms with Crippen LogP contribution in [0.5, 0.6) is 0 Å². The van der Waals surface area contributed by atoms with Gasteiger partial charge in [-0.25, -0.2) is 0 Å². The van der Waals surface area contributed by atoms with Crippen LogP contribution in [0.4, 0.5) is 0 Å². The second kappa shape index (κ2) is 27.9. The fraction of sp³-hybridized carbons (Fsp3) is 1.00. The molecular weight excluding hydrogens is 482 g/mol. The van der Waals surface area contributed by atoms with Crippen LogP contribution in [0.2, 0.25) is 0 Å². The Balaban J connectivity index is 4.52. The first kappa shape index (κ1) is 38.8. The number of unbranched alkanes of at least 4 members (excludes halogenated alkanes) is 14. The van der Waals surface area contributed by atoms with Gasteiger partial charge in [0.25, 0.3) is 0 Å². The maximum atomic E-state index is 11.1. The Labute approximate surface area is 245 Å². The van der Waals surface area contributed by atoms with Crippen molar-refractivity contribution < 1.29 is 10.2 Å². The predicted octanol–water partition coefficient (Wildman–Crippen LogP) is 7.50. The lowest BCUT2D eigenvalue weighted by atomic mass is 9.94. The third kappa shape index (κ3) is 24.1. The third-order valence-electron chi connectivity index (χ3n) is 8.77. The van der Waals surface area contributed by atoms with E-state index in [-0.39, 0.29) is 12.2 Å². The quantitative estimate of drug-likeness (QED) is 0.0801. The summed E-state index contributed by atoms with van der Waals surface area (Å²) in [5.74, 6) is 0.614. The molecule has 0 fully saturated rings. The molecule has 4 unspecified atom stereocenters. The molecule has 0 aromatic rings. The molecule has 4 atom stereocenters. The second-order valence-corrected chi connectivity index (χ2v) is 12.8. The first-order valence-electron chi connectivity index (χ1n) is 17.3. The number of rotatable bonds is 30. The third-order valence-corrected chi connectivity index (χ3v) is 8.77. The normalized spacial score (nSPS) is 15.2. The van der Waals surface area contributed by atoms with Gasteiger partial charge in [0.1, 0.15) is 0 Å². The van der Waals surface area contributed by atoms with E-state index in [1.165, 1.54) is 103 Å². The van der Waals surface area contributed by atoms with Gasteiger partial charge in [-0.3, -0.25) is 4.90 Å². The summed E-state index contributed by atoms with van der Waals surface area (Å²) in [6.07, 6.45) is 22.9. The van der Waals surface area contributed by atoms with Crippen molar-refractivity contribution >= 4 is 0 Å². The minimum absolute atomic E-state index is 0.307. The largest absolute Gasteiger partial charge is 0.392 e. The zero-order valence-electron chi connectivity index (χ0n) is 27.6.